The summed E-state index contributed by atoms with van der Waals surface area (Å²) < 4.78 is 147. The highest BCUT2D eigenvalue weighted by Gasteiger charge is 2.46. The van der Waals surface area contributed by atoms with Gasteiger partial charge in [0, 0.05) is 107 Å². The number of aliphatic hydroxyl groups is 1. The van der Waals surface area contributed by atoms with Crippen LogP contribution in [0.2, 0.25) is 0 Å². The smallest absolute Gasteiger partial charge is 0.335 e. The van der Waals surface area contributed by atoms with Crippen molar-refractivity contribution in [1.29, 1.82) is 0 Å². The van der Waals surface area contributed by atoms with E-state index in [0.717, 1.165) is 149 Å². The zero-order chi connectivity index (χ0) is 87.2. The fraction of sp³-hybridized carbons (Fsp3) is 0.511. The van der Waals surface area contributed by atoms with Crippen LogP contribution in [-0.4, -0.2) is 146 Å². The summed E-state index contributed by atoms with van der Waals surface area (Å²) in [6.07, 6.45) is 24.8. The lowest BCUT2D eigenvalue weighted by Crippen LogP contribution is -2.44. The summed E-state index contributed by atoms with van der Waals surface area (Å²) >= 11 is -3.22. The zero-order valence-corrected chi connectivity index (χ0v) is 75.1. The molecule has 658 valence electrons. The van der Waals surface area contributed by atoms with Gasteiger partial charge in [-0.3, -0.25) is 9.00 Å². The Morgan fingerprint density at radius 1 is 0.686 bits per heavy atom. The number of phenols is 1. The molecule has 0 bridgehead atoms. The second-order valence-electron chi connectivity index (χ2n) is 33.6. The van der Waals surface area contributed by atoms with Crippen LogP contribution < -0.4 is 19.7 Å². The number of unbranched alkanes of at least 4 members (excludes halogenated alkanes) is 2. The molecule has 23 nitrogen and oxygen atoms in total. The number of carbonyl (C=O) groups excluding carboxylic acids is 1. The number of carbonyl (C=O) groups is 1. The van der Waals surface area contributed by atoms with Crippen LogP contribution in [0.25, 0.3) is 0 Å². The predicted molar refractivity (Wildman–Crippen MR) is 470 cm³/mol. The molecule has 0 radical (unpaired) electrons. The van der Waals surface area contributed by atoms with Gasteiger partial charge in [0.15, 0.2) is 34.4 Å². The van der Waals surface area contributed by atoms with E-state index in [9.17, 15) is 45.2 Å². The van der Waals surface area contributed by atoms with Crippen LogP contribution in [0.4, 0.5) is 17.1 Å². The Morgan fingerprint density at radius 3 is 1.96 bits per heavy atom. The van der Waals surface area contributed by atoms with Crippen molar-refractivity contribution in [2.45, 2.75) is 286 Å². The molecule has 12 rings (SSSR count). The lowest BCUT2D eigenvalue weighted by atomic mass is 9.80. The van der Waals surface area contributed by atoms with Gasteiger partial charge in [0.05, 0.1) is 71.1 Å². The Bertz CT molecular complexity index is 4940. The number of rotatable bonds is 35. The first-order valence-corrected chi connectivity index (χ1v) is 47.9. The largest absolute Gasteiger partial charge is 0.755 e. The van der Waals surface area contributed by atoms with Crippen molar-refractivity contribution in [2.75, 3.05) is 42.1 Å². The number of amides is 1. The van der Waals surface area contributed by atoms with Crippen LogP contribution in [0.1, 0.15) is 247 Å². The minimum atomic E-state index is -4.27. The third kappa shape index (κ3) is 26.6. The molecule has 6 aromatic carbocycles. The number of nitrogens with zero attached hydrogens (tertiary/aromatic N) is 2. The molecule has 3 saturated heterocycles. The molecule has 5 heterocycles. The molecular formula is C94H123N4O19S4-. The quantitative estimate of drug-likeness (QED) is 0.0163. The van der Waals surface area contributed by atoms with Gasteiger partial charge in [-0.05, 0) is 225 Å². The SMILES string of the molecule is CCCCN1/C(=C/C=C2\CCCC(/C=C/C3=[N+](CCCC)c4ccc(S(C)(=O)=O)cc4C3(C)C)=C2CCOc2cccc(C3OC(CCC)CC(CC(O)CCCC4CC(CCCC5CC(CC)OC(CNC(=O)c6ccc(NS(=O)[O-])cc6)O5)OC(c5cccc(O)c5)O4)O3)c2)C(C)(C)c2cc(C)ccc21.Cc1ccc(S(=O)(=O)[O-])cc1.O=S=O. The fourth-order valence-electron chi connectivity index (χ4n) is 17.2. The van der Waals surface area contributed by atoms with Crippen molar-refractivity contribution >= 4 is 71.5 Å². The number of allylic oxidation sites excluding steroid dienone is 7. The highest BCUT2D eigenvalue weighted by Crippen LogP contribution is 2.50. The highest BCUT2D eigenvalue weighted by molar-refractivity contribution is 7.90. The van der Waals surface area contributed by atoms with Crippen molar-refractivity contribution in [3.05, 3.63) is 219 Å². The molecule has 11 atom stereocenters. The van der Waals surface area contributed by atoms with Gasteiger partial charge in [-0.1, -0.05) is 133 Å². The molecule has 0 saturated carbocycles. The van der Waals surface area contributed by atoms with Gasteiger partial charge in [0.1, 0.15) is 28.2 Å². The average molecular weight is 1740 g/mol. The van der Waals surface area contributed by atoms with E-state index in [0.29, 0.717) is 61.3 Å². The number of aryl methyl sites for hydroxylation is 2. The summed E-state index contributed by atoms with van der Waals surface area (Å²) in [6, 6.07) is 39.6. The number of sulfone groups is 1. The molecule has 11 unspecified atom stereocenters. The lowest BCUT2D eigenvalue weighted by molar-refractivity contribution is -0.438. The first-order chi connectivity index (χ1) is 57.8. The molecule has 27 heteroatoms. The van der Waals surface area contributed by atoms with E-state index in [1.54, 1.807) is 48.5 Å². The van der Waals surface area contributed by atoms with E-state index >= 15 is 0 Å². The second-order valence-corrected chi connectivity index (χ2v) is 37.8. The highest BCUT2D eigenvalue weighted by atomic mass is 32.2. The summed E-state index contributed by atoms with van der Waals surface area (Å²) in [4.78, 5) is 15.8. The molecule has 6 aliphatic rings. The van der Waals surface area contributed by atoms with Gasteiger partial charge in [-0.15, -0.1) is 0 Å². The molecule has 121 heavy (non-hydrogen) atoms. The molecule has 5 aliphatic heterocycles. The number of benzene rings is 6. The third-order valence-electron chi connectivity index (χ3n) is 23.6. The number of hydrogen-bond donors (Lipinski definition) is 4. The molecule has 3 fully saturated rings. The van der Waals surface area contributed by atoms with Gasteiger partial charge in [-0.2, -0.15) is 13.0 Å². The minimum Gasteiger partial charge on any atom is -0.755 e. The summed E-state index contributed by atoms with van der Waals surface area (Å²) in [6.45, 7) is 24.3. The predicted octanol–water partition coefficient (Wildman–Crippen LogP) is 17.9. The van der Waals surface area contributed by atoms with Crippen LogP contribution in [0, 0.1) is 13.8 Å². The van der Waals surface area contributed by atoms with E-state index < -0.39 is 73.2 Å². The van der Waals surface area contributed by atoms with Crippen molar-refractivity contribution in [3.8, 4) is 11.5 Å². The fourth-order valence-corrected chi connectivity index (χ4v) is 18.6. The number of aliphatic hydroxyl groups excluding tert-OH is 1. The Morgan fingerprint density at radius 2 is 1.31 bits per heavy atom. The van der Waals surface area contributed by atoms with Crippen LogP contribution >= 0.6 is 0 Å². The Hall–Kier alpha value is -7.87. The minimum absolute atomic E-state index is 0.0313. The van der Waals surface area contributed by atoms with Crippen molar-refractivity contribution < 1.29 is 91.3 Å². The average Bonchev–Trinajstić information content (AvgIpc) is 1.60. The number of hydrogen-bond acceptors (Lipinski definition) is 20. The van der Waals surface area contributed by atoms with Crippen molar-refractivity contribution in [2.24, 2.45) is 0 Å². The number of nitrogens with one attached hydrogen (secondary N) is 2. The molecule has 0 aromatic heterocycles. The van der Waals surface area contributed by atoms with Gasteiger partial charge in [0.2, 0.25) is 5.69 Å². The first-order valence-electron chi connectivity index (χ1n) is 42.8. The van der Waals surface area contributed by atoms with Crippen LogP contribution in [0.5, 0.6) is 11.5 Å². The first kappa shape index (κ1) is 95.4. The maximum absolute atomic E-state index is 13.0. The standard InChI is InChI=1S/C87H116N4O14S2.C7H8O3S.O2S/c1-11-15-46-90-78-41-33-58(5)49-76(78)86(6,7)80(90)43-36-59-23-17-24-60(37-44-81-87(8,9)77-56-74(107(10,97)98)40-42-79(77)91(81)47-16-12-2)75(59)45-48-99-68-29-19-26-63(51-68)85-102-69(22-13-3)55-73(105-85)52-66(93)28-20-30-71-54-72(104-84(103-71)62-25-18-27-65(92)50-62)32-21-31-70-53-67(14-4)100-82(101-70)57-88-83(94)61-34-38-64(39-35-61)89-106(95)96;1-6-2-4-7(5-3-6)11(8,9)10;1-3-2/h18-19,25-27,29,33-44,49-51,56,66-67,69-73,82,84-85,93H,11-17,20-24,28,30-32,45-48,52-55,57H2,1-10H3,(H3-,88,89,92,94,95,96);2-5H,1H3,(H,8,9,10);/p-1. The van der Waals surface area contributed by atoms with Gasteiger partial charge < -0.3 is 67.4 Å². The van der Waals surface area contributed by atoms with E-state index in [1.165, 1.54) is 69.8 Å². The summed E-state index contributed by atoms with van der Waals surface area (Å²) in [7, 11) is -7.68. The number of phenolic OH excluding ortho intramolecular Hbond substituents is 1. The van der Waals surface area contributed by atoms with E-state index in [4.69, 9.17) is 41.6 Å². The number of anilines is 2. The molecule has 1 aliphatic carbocycles. The maximum atomic E-state index is 13.0. The molecule has 4 N–H and O–H groups in total. The van der Waals surface area contributed by atoms with Crippen molar-refractivity contribution in [3.63, 3.8) is 0 Å². The molecule has 1 amide bonds. The van der Waals surface area contributed by atoms with Crippen LogP contribution in [0.3, 0.4) is 0 Å². The van der Waals surface area contributed by atoms with Gasteiger partial charge >= 0.3 is 11.6 Å². The molecular weight excluding hydrogens is 1620 g/mol. The number of aromatic hydroxyl groups is 1. The Labute approximate surface area is 722 Å². The van der Waals surface area contributed by atoms with E-state index in [1.807, 2.05) is 49.4 Å². The Kier molecular flexibility index (Phi) is 35.2. The summed E-state index contributed by atoms with van der Waals surface area (Å²) in [5.41, 5.74) is 15.0. The molecule has 0 spiro atoms. The Balaban J connectivity index is 0.00000100. The van der Waals surface area contributed by atoms with Crippen LogP contribution in [-0.2, 0) is 82.0 Å². The maximum Gasteiger partial charge on any atom is 0.335 e. The van der Waals surface area contributed by atoms with E-state index in [-0.39, 0.29) is 65.1 Å². The van der Waals surface area contributed by atoms with E-state index in [2.05, 4.69) is 124 Å². The molecule has 6 aromatic rings. The normalized spacial score (nSPS) is 23.2. The second kappa shape index (κ2) is 44.6. The number of ether oxygens (including phenoxy) is 7. The zero-order valence-electron chi connectivity index (χ0n) is 71.8. The van der Waals surface area contributed by atoms with Gasteiger partial charge in [-0.25, -0.2) is 16.8 Å². The monoisotopic (exact) mass is 1740 g/mol. The van der Waals surface area contributed by atoms with Gasteiger partial charge in [0.25, 0.3) is 5.91 Å². The topological polar surface area (TPSA) is 318 Å². The lowest BCUT2D eigenvalue weighted by Gasteiger charge is -2.38. The summed E-state index contributed by atoms with van der Waals surface area (Å²) in [5, 5.41) is 25.2. The van der Waals surface area contributed by atoms with Crippen LogP contribution in [0.15, 0.2) is 190 Å². The van der Waals surface area contributed by atoms with Crippen molar-refractivity contribution in [1.82, 2.24) is 5.32 Å². The third-order valence-corrected chi connectivity index (χ3v) is 26.0. The number of fused-ring (bicyclic) bond motifs is 2. The summed E-state index contributed by atoms with van der Waals surface area (Å²) in [5.74, 6) is 0.541.